The largest absolute Gasteiger partial charge is 0.339 e. The molecular weight excluding hydrogens is 314 g/mol. The molecule has 2 fully saturated rings. The highest BCUT2D eigenvalue weighted by atomic mass is 16.2. The van der Waals surface area contributed by atoms with Crippen molar-refractivity contribution in [3.63, 3.8) is 0 Å². The number of pyridine rings is 1. The molecule has 0 radical (unpaired) electrons. The van der Waals surface area contributed by atoms with Crippen LogP contribution in [0.1, 0.15) is 67.8 Å². The molecule has 2 aliphatic rings. The number of carbonyl (C=O) groups is 2. The molecule has 0 aromatic carbocycles. The Morgan fingerprint density at radius 3 is 2.24 bits per heavy atom. The van der Waals surface area contributed by atoms with Crippen molar-refractivity contribution in [2.24, 2.45) is 11.8 Å². The van der Waals surface area contributed by atoms with Crippen molar-refractivity contribution in [2.45, 2.75) is 47.0 Å². The zero-order chi connectivity index (χ0) is 18.4. The van der Waals surface area contributed by atoms with Crippen LogP contribution in [0.2, 0.25) is 0 Å². The fourth-order valence-corrected chi connectivity index (χ4v) is 3.43. The molecule has 0 bridgehead atoms. The molecule has 3 heterocycles. The van der Waals surface area contributed by atoms with Crippen molar-refractivity contribution in [1.29, 1.82) is 0 Å². The summed E-state index contributed by atoms with van der Waals surface area (Å²) in [6.45, 7) is 11.7. The van der Waals surface area contributed by atoms with Gasteiger partial charge in [0.15, 0.2) is 0 Å². The van der Waals surface area contributed by atoms with Gasteiger partial charge in [-0.3, -0.25) is 14.6 Å². The molecule has 5 nitrogen and oxygen atoms in total. The van der Waals surface area contributed by atoms with Crippen LogP contribution in [0.5, 0.6) is 0 Å². The molecule has 1 unspecified atom stereocenters. The van der Waals surface area contributed by atoms with Gasteiger partial charge in [-0.05, 0) is 43.2 Å². The summed E-state index contributed by atoms with van der Waals surface area (Å²) >= 11 is 0. The van der Waals surface area contributed by atoms with Gasteiger partial charge in [0.1, 0.15) is 5.69 Å². The highest BCUT2D eigenvalue weighted by Crippen LogP contribution is 2.24. The van der Waals surface area contributed by atoms with E-state index in [1.54, 1.807) is 18.3 Å². The number of likely N-dealkylation sites (tertiary alicyclic amines) is 2. The highest BCUT2D eigenvalue weighted by molar-refractivity contribution is 5.96. The lowest BCUT2D eigenvalue weighted by molar-refractivity contribution is 0.0770. The Labute approximate surface area is 151 Å². The van der Waals surface area contributed by atoms with E-state index >= 15 is 0 Å². The van der Waals surface area contributed by atoms with E-state index in [9.17, 15) is 9.59 Å². The van der Waals surface area contributed by atoms with E-state index in [4.69, 9.17) is 0 Å². The summed E-state index contributed by atoms with van der Waals surface area (Å²) in [5.74, 6) is 1.18. The molecule has 2 saturated heterocycles. The lowest BCUT2D eigenvalue weighted by Gasteiger charge is -2.18. The van der Waals surface area contributed by atoms with Gasteiger partial charge < -0.3 is 9.80 Å². The lowest BCUT2D eigenvalue weighted by Crippen LogP contribution is -2.30. The summed E-state index contributed by atoms with van der Waals surface area (Å²) in [5, 5.41) is 0. The average molecular weight is 345 g/mol. The molecule has 0 aliphatic carbocycles. The Bertz CT molecular complexity index is 577. The van der Waals surface area contributed by atoms with Crippen molar-refractivity contribution in [3.8, 4) is 0 Å². The van der Waals surface area contributed by atoms with Crippen LogP contribution >= 0.6 is 0 Å². The van der Waals surface area contributed by atoms with Gasteiger partial charge in [-0.1, -0.05) is 27.7 Å². The molecule has 5 heteroatoms. The predicted octanol–water partition coefficient (Wildman–Crippen LogP) is 3.46. The Morgan fingerprint density at radius 1 is 1.04 bits per heavy atom. The number of carbonyl (C=O) groups excluding carboxylic acids is 2. The van der Waals surface area contributed by atoms with E-state index in [1.165, 1.54) is 0 Å². The van der Waals surface area contributed by atoms with Crippen LogP contribution in [0, 0.1) is 11.8 Å². The molecule has 2 amide bonds. The zero-order valence-corrected chi connectivity index (χ0v) is 16.0. The number of amides is 2. The second kappa shape index (κ2) is 8.97. The fraction of sp³-hybridized carbons (Fsp3) is 0.650. The van der Waals surface area contributed by atoms with E-state index in [2.05, 4.69) is 18.8 Å². The smallest absolute Gasteiger partial charge is 0.272 e. The third-order valence-electron chi connectivity index (χ3n) is 5.08. The third-order valence-corrected chi connectivity index (χ3v) is 5.08. The monoisotopic (exact) mass is 345 g/mol. The third kappa shape index (κ3) is 4.59. The lowest BCUT2D eigenvalue weighted by atomic mass is 9.95. The summed E-state index contributed by atoms with van der Waals surface area (Å²) in [6, 6.07) is 3.42. The molecule has 1 atom stereocenters. The number of nitrogens with zero attached hydrogens (tertiary/aromatic N) is 3. The van der Waals surface area contributed by atoms with Gasteiger partial charge in [0.05, 0.1) is 5.56 Å². The molecule has 25 heavy (non-hydrogen) atoms. The van der Waals surface area contributed by atoms with Crippen LogP contribution in [0.3, 0.4) is 0 Å². The average Bonchev–Trinajstić information content (AvgIpc) is 3.34. The summed E-state index contributed by atoms with van der Waals surface area (Å²) in [4.78, 5) is 32.8. The first-order valence-corrected chi connectivity index (χ1v) is 9.61. The van der Waals surface area contributed by atoms with Crippen LogP contribution in [-0.4, -0.2) is 52.8 Å². The van der Waals surface area contributed by atoms with Gasteiger partial charge in [-0.2, -0.15) is 0 Å². The van der Waals surface area contributed by atoms with Gasteiger partial charge in [0.25, 0.3) is 11.8 Å². The second-order valence-corrected chi connectivity index (χ2v) is 6.98. The van der Waals surface area contributed by atoms with Gasteiger partial charge in [0, 0.05) is 32.4 Å². The van der Waals surface area contributed by atoms with Crippen LogP contribution in [-0.2, 0) is 0 Å². The SMILES string of the molecule is CC.CC(C)C1CCN(C(=O)c2ccc(C(=O)N3CCCC3)cn2)C1. The van der Waals surface area contributed by atoms with E-state index < -0.39 is 0 Å². The quantitative estimate of drug-likeness (QED) is 0.843. The second-order valence-electron chi connectivity index (χ2n) is 6.98. The van der Waals surface area contributed by atoms with Crippen LogP contribution < -0.4 is 0 Å². The Balaban J connectivity index is 0.00000109. The number of hydrogen-bond acceptors (Lipinski definition) is 3. The molecule has 0 spiro atoms. The minimum absolute atomic E-state index is 0.0201. The zero-order valence-electron chi connectivity index (χ0n) is 16.0. The first kappa shape index (κ1) is 19.4. The standard InChI is InChI=1S/C18H25N3O2.C2H6/c1-13(2)15-7-10-21(12-15)18(23)16-6-5-14(11-19-16)17(22)20-8-3-4-9-20;1-2/h5-6,11,13,15H,3-4,7-10,12H2,1-2H3;1-2H3. The summed E-state index contributed by atoms with van der Waals surface area (Å²) in [6.07, 6.45) is 4.75. The first-order chi connectivity index (χ1) is 12.1. The van der Waals surface area contributed by atoms with E-state index in [1.807, 2.05) is 23.6 Å². The van der Waals surface area contributed by atoms with Crippen molar-refractivity contribution >= 4 is 11.8 Å². The molecule has 1 aromatic heterocycles. The van der Waals surface area contributed by atoms with Crippen LogP contribution in [0.15, 0.2) is 18.3 Å². The molecule has 1 aromatic rings. The Hall–Kier alpha value is -1.91. The van der Waals surface area contributed by atoms with E-state index in [-0.39, 0.29) is 11.8 Å². The molecule has 2 aliphatic heterocycles. The first-order valence-electron chi connectivity index (χ1n) is 9.61. The molecule has 0 saturated carbocycles. The van der Waals surface area contributed by atoms with Crippen molar-refractivity contribution < 1.29 is 9.59 Å². The van der Waals surface area contributed by atoms with Crippen LogP contribution in [0.25, 0.3) is 0 Å². The van der Waals surface area contributed by atoms with Crippen molar-refractivity contribution in [3.05, 3.63) is 29.6 Å². The minimum atomic E-state index is -0.0201. The van der Waals surface area contributed by atoms with Gasteiger partial charge in [0.2, 0.25) is 0 Å². The normalized spacial score (nSPS) is 19.8. The summed E-state index contributed by atoms with van der Waals surface area (Å²) < 4.78 is 0. The van der Waals surface area contributed by atoms with E-state index in [0.29, 0.717) is 23.1 Å². The van der Waals surface area contributed by atoms with E-state index in [0.717, 1.165) is 45.4 Å². The van der Waals surface area contributed by atoms with Crippen LogP contribution in [0.4, 0.5) is 0 Å². The number of hydrogen-bond donors (Lipinski definition) is 0. The molecule has 0 N–H and O–H groups in total. The molecular formula is C20H31N3O2. The maximum atomic E-state index is 12.5. The summed E-state index contributed by atoms with van der Waals surface area (Å²) in [7, 11) is 0. The minimum Gasteiger partial charge on any atom is -0.339 e. The maximum absolute atomic E-state index is 12.5. The Morgan fingerprint density at radius 2 is 1.72 bits per heavy atom. The number of aromatic nitrogens is 1. The summed E-state index contributed by atoms with van der Waals surface area (Å²) in [5.41, 5.74) is 1.01. The number of rotatable bonds is 3. The van der Waals surface area contributed by atoms with Gasteiger partial charge in [-0.15, -0.1) is 0 Å². The Kier molecular flexibility index (Phi) is 6.97. The van der Waals surface area contributed by atoms with Gasteiger partial charge >= 0.3 is 0 Å². The fourth-order valence-electron chi connectivity index (χ4n) is 3.43. The molecule has 138 valence electrons. The van der Waals surface area contributed by atoms with Crippen molar-refractivity contribution in [1.82, 2.24) is 14.8 Å². The predicted molar refractivity (Wildman–Crippen MR) is 99.6 cm³/mol. The van der Waals surface area contributed by atoms with Crippen molar-refractivity contribution in [2.75, 3.05) is 26.2 Å². The topological polar surface area (TPSA) is 53.5 Å². The highest BCUT2D eigenvalue weighted by Gasteiger charge is 2.29. The van der Waals surface area contributed by atoms with Gasteiger partial charge in [-0.25, -0.2) is 0 Å². The maximum Gasteiger partial charge on any atom is 0.272 e. The molecule has 3 rings (SSSR count).